The third-order valence-electron chi connectivity index (χ3n) is 3.29. The fourth-order valence-corrected chi connectivity index (χ4v) is 2.03. The summed E-state index contributed by atoms with van der Waals surface area (Å²) in [6.45, 7) is 4.03. The molecule has 1 rings (SSSR count). The molecule has 0 bridgehead atoms. The van der Waals surface area contributed by atoms with Crippen molar-refractivity contribution in [3.8, 4) is 0 Å². The number of carbonyl (C=O) groups excluding carboxylic acids is 1. The molecule has 94 valence electrons. The van der Waals surface area contributed by atoms with E-state index in [-0.39, 0.29) is 24.1 Å². The summed E-state index contributed by atoms with van der Waals surface area (Å²) in [6, 6.07) is 0.0594. The Kier molecular flexibility index (Phi) is 5.22. The highest BCUT2D eigenvalue weighted by molar-refractivity contribution is 5.76. The molecule has 0 aliphatic heterocycles. The molecule has 1 aliphatic rings. The van der Waals surface area contributed by atoms with Crippen molar-refractivity contribution in [1.29, 1.82) is 0 Å². The predicted octanol–water partition coefficient (Wildman–Crippen LogP) is 0.779. The number of nitrogens with two attached hydrogens (primary N) is 1. The highest BCUT2D eigenvalue weighted by Crippen LogP contribution is 2.18. The summed E-state index contributed by atoms with van der Waals surface area (Å²) >= 11 is 0. The van der Waals surface area contributed by atoms with Crippen molar-refractivity contribution >= 4 is 5.91 Å². The van der Waals surface area contributed by atoms with E-state index >= 15 is 0 Å². The zero-order chi connectivity index (χ0) is 12.1. The van der Waals surface area contributed by atoms with Crippen LogP contribution in [0.3, 0.4) is 0 Å². The second-order valence-electron chi connectivity index (χ2n) is 5.20. The van der Waals surface area contributed by atoms with Crippen LogP contribution in [0.25, 0.3) is 0 Å². The van der Waals surface area contributed by atoms with Crippen LogP contribution in [0, 0.1) is 5.92 Å². The van der Waals surface area contributed by atoms with Crippen molar-refractivity contribution in [3.05, 3.63) is 0 Å². The molecule has 16 heavy (non-hydrogen) atoms. The van der Waals surface area contributed by atoms with Gasteiger partial charge < -0.3 is 16.2 Å². The number of aliphatic hydroxyl groups excluding tert-OH is 1. The number of amides is 1. The normalized spacial score (nSPS) is 27.8. The fourth-order valence-electron chi connectivity index (χ4n) is 2.03. The first kappa shape index (κ1) is 13.5. The van der Waals surface area contributed by atoms with E-state index in [9.17, 15) is 9.90 Å². The lowest BCUT2D eigenvalue weighted by molar-refractivity contribution is -0.122. The molecule has 0 aromatic rings. The van der Waals surface area contributed by atoms with Gasteiger partial charge in [-0.2, -0.15) is 0 Å². The smallest absolute Gasteiger partial charge is 0.221 e. The van der Waals surface area contributed by atoms with E-state index in [1.807, 2.05) is 13.8 Å². The van der Waals surface area contributed by atoms with E-state index < -0.39 is 0 Å². The van der Waals surface area contributed by atoms with Crippen LogP contribution in [-0.2, 0) is 4.79 Å². The number of rotatable bonds is 4. The Morgan fingerprint density at radius 3 is 2.75 bits per heavy atom. The Bertz CT molecular complexity index is 231. The minimum Gasteiger partial charge on any atom is -0.393 e. The monoisotopic (exact) mass is 228 g/mol. The van der Waals surface area contributed by atoms with Gasteiger partial charge in [-0.05, 0) is 31.6 Å². The standard InChI is InChI=1S/C12H24N2O2/c1-8(2)11(13)7-12(16)14-9-4-3-5-10(15)6-9/h8-11,15H,3-7,13H2,1-2H3,(H,14,16). The number of hydrogen-bond acceptors (Lipinski definition) is 3. The maximum Gasteiger partial charge on any atom is 0.221 e. The van der Waals surface area contributed by atoms with Gasteiger partial charge in [-0.1, -0.05) is 13.8 Å². The topological polar surface area (TPSA) is 75.4 Å². The Morgan fingerprint density at radius 1 is 1.50 bits per heavy atom. The molecule has 1 fully saturated rings. The lowest BCUT2D eigenvalue weighted by Gasteiger charge is -2.27. The highest BCUT2D eigenvalue weighted by Gasteiger charge is 2.22. The average Bonchev–Trinajstić information content (AvgIpc) is 2.16. The number of nitrogens with one attached hydrogen (secondary N) is 1. The van der Waals surface area contributed by atoms with E-state index in [1.54, 1.807) is 0 Å². The zero-order valence-corrected chi connectivity index (χ0v) is 10.3. The maximum absolute atomic E-state index is 11.7. The lowest BCUT2D eigenvalue weighted by atomic mass is 9.92. The van der Waals surface area contributed by atoms with E-state index in [0.717, 1.165) is 19.3 Å². The first-order valence-electron chi connectivity index (χ1n) is 6.22. The molecule has 0 heterocycles. The van der Waals surface area contributed by atoms with Crippen LogP contribution in [0.5, 0.6) is 0 Å². The predicted molar refractivity (Wildman–Crippen MR) is 63.8 cm³/mol. The summed E-state index contributed by atoms with van der Waals surface area (Å²) in [5.41, 5.74) is 5.84. The SMILES string of the molecule is CC(C)C(N)CC(=O)NC1CCCC(O)C1. The van der Waals surface area contributed by atoms with E-state index in [2.05, 4.69) is 5.32 Å². The van der Waals surface area contributed by atoms with Crippen molar-refractivity contribution in [1.82, 2.24) is 5.32 Å². The molecule has 4 nitrogen and oxygen atoms in total. The van der Waals surface area contributed by atoms with Gasteiger partial charge in [0, 0.05) is 18.5 Å². The summed E-state index contributed by atoms with van der Waals surface area (Å²) in [6.07, 6.45) is 3.63. The largest absolute Gasteiger partial charge is 0.393 e. The number of aliphatic hydroxyl groups is 1. The van der Waals surface area contributed by atoms with Gasteiger partial charge in [0.2, 0.25) is 5.91 Å². The molecular weight excluding hydrogens is 204 g/mol. The zero-order valence-electron chi connectivity index (χ0n) is 10.3. The van der Waals surface area contributed by atoms with E-state index in [4.69, 9.17) is 5.73 Å². The molecule has 0 saturated heterocycles. The lowest BCUT2D eigenvalue weighted by Crippen LogP contribution is -2.42. The maximum atomic E-state index is 11.7. The second-order valence-corrected chi connectivity index (χ2v) is 5.20. The van der Waals surface area contributed by atoms with Gasteiger partial charge in [-0.25, -0.2) is 0 Å². The van der Waals surface area contributed by atoms with Gasteiger partial charge in [-0.3, -0.25) is 4.79 Å². The van der Waals surface area contributed by atoms with Gasteiger partial charge in [0.15, 0.2) is 0 Å². The van der Waals surface area contributed by atoms with Crippen molar-refractivity contribution in [2.45, 2.75) is 64.1 Å². The molecule has 0 radical (unpaired) electrons. The van der Waals surface area contributed by atoms with Crippen molar-refractivity contribution < 1.29 is 9.90 Å². The molecule has 4 N–H and O–H groups in total. The fraction of sp³-hybridized carbons (Fsp3) is 0.917. The van der Waals surface area contributed by atoms with Crippen LogP contribution in [-0.4, -0.2) is 29.2 Å². The molecule has 1 amide bonds. The summed E-state index contributed by atoms with van der Waals surface area (Å²) in [4.78, 5) is 11.7. The molecule has 0 aromatic carbocycles. The van der Waals surface area contributed by atoms with Crippen LogP contribution in [0.15, 0.2) is 0 Å². The van der Waals surface area contributed by atoms with Gasteiger partial charge in [0.05, 0.1) is 6.10 Å². The highest BCUT2D eigenvalue weighted by atomic mass is 16.3. The van der Waals surface area contributed by atoms with Crippen molar-refractivity contribution in [2.24, 2.45) is 11.7 Å². The molecule has 1 saturated carbocycles. The number of carbonyl (C=O) groups is 1. The Hall–Kier alpha value is -0.610. The quantitative estimate of drug-likeness (QED) is 0.665. The summed E-state index contributed by atoms with van der Waals surface area (Å²) in [5.74, 6) is 0.336. The van der Waals surface area contributed by atoms with Crippen molar-refractivity contribution in [3.63, 3.8) is 0 Å². The minimum atomic E-state index is -0.252. The molecule has 4 heteroatoms. The average molecular weight is 228 g/mol. The summed E-state index contributed by atoms with van der Waals surface area (Å²) < 4.78 is 0. The molecule has 3 unspecified atom stereocenters. The molecular formula is C12H24N2O2. The third kappa shape index (κ3) is 4.49. The Morgan fingerprint density at radius 2 is 2.19 bits per heavy atom. The van der Waals surface area contributed by atoms with Crippen LogP contribution >= 0.6 is 0 Å². The molecule has 1 aliphatic carbocycles. The molecule has 0 aromatic heterocycles. The Labute approximate surface area is 97.6 Å². The van der Waals surface area contributed by atoms with E-state index in [1.165, 1.54) is 0 Å². The van der Waals surface area contributed by atoms with Crippen molar-refractivity contribution in [2.75, 3.05) is 0 Å². The van der Waals surface area contributed by atoms with Crippen LogP contribution in [0.1, 0.15) is 46.0 Å². The van der Waals surface area contributed by atoms with Gasteiger partial charge >= 0.3 is 0 Å². The number of hydrogen-bond donors (Lipinski definition) is 3. The van der Waals surface area contributed by atoms with Gasteiger partial charge in [-0.15, -0.1) is 0 Å². The molecule has 0 spiro atoms. The summed E-state index contributed by atoms with van der Waals surface area (Å²) in [5, 5.41) is 12.4. The first-order valence-corrected chi connectivity index (χ1v) is 6.22. The van der Waals surface area contributed by atoms with Crippen LogP contribution in [0.4, 0.5) is 0 Å². The minimum absolute atomic E-state index is 0.0142. The molecule has 3 atom stereocenters. The van der Waals surface area contributed by atoms with Gasteiger partial charge in [0.25, 0.3) is 0 Å². The van der Waals surface area contributed by atoms with Crippen LogP contribution in [0.2, 0.25) is 0 Å². The van der Waals surface area contributed by atoms with Gasteiger partial charge in [0.1, 0.15) is 0 Å². The Balaban J connectivity index is 2.28. The first-order chi connectivity index (χ1) is 7.49. The summed E-state index contributed by atoms with van der Waals surface area (Å²) in [7, 11) is 0. The van der Waals surface area contributed by atoms with E-state index in [0.29, 0.717) is 18.8 Å². The van der Waals surface area contributed by atoms with Crippen LogP contribution < -0.4 is 11.1 Å². The third-order valence-corrected chi connectivity index (χ3v) is 3.29. The second kappa shape index (κ2) is 6.21.